The number of rotatable bonds is 6. The zero-order valence-corrected chi connectivity index (χ0v) is 13.2. The van der Waals surface area contributed by atoms with Crippen molar-refractivity contribution in [3.63, 3.8) is 0 Å². The van der Waals surface area contributed by atoms with Crippen LogP contribution in [0.1, 0.15) is 17.8 Å². The molecule has 6 nitrogen and oxygen atoms in total. The molecule has 20 heavy (non-hydrogen) atoms. The number of nitrogens with zero attached hydrogens (tertiary/aromatic N) is 4. The molecule has 108 valence electrons. The summed E-state index contributed by atoms with van der Waals surface area (Å²) in [5, 5.41) is 11.4. The molecule has 1 amide bonds. The van der Waals surface area contributed by atoms with Gasteiger partial charge in [-0.1, -0.05) is 0 Å². The van der Waals surface area contributed by atoms with Gasteiger partial charge in [0.15, 0.2) is 0 Å². The third-order valence-corrected chi connectivity index (χ3v) is 3.63. The smallest absolute Gasteiger partial charge is 0.241 e. The van der Waals surface area contributed by atoms with E-state index in [1.54, 1.807) is 10.9 Å². The summed E-state index contributed by atoms with van der Waals surface area (Å²) in [5.74, 6) is -0.0223. The summed E-state index contributed by atoms with van der Waals surface area (Å²) < 4.78 is 4.52. The Balaban J connectivity index is 1.66. The van der Waals surface area contributed by atoms with Gasteiger partial charge in [0.25, 0.3) is 0 Å². The lowest BCUT2D eigenvalue weighted by Crippen LogP contribution is -2.29. The van der Waals surface area contributed by atoms with Gasteiger partial charge in [0, 0.05) is 25.5 Å². The SMILES string of the molecule is Cc1ccn(CC(=O)NCCCn2cc(Br)c(C)n2)n1. The molecule has 0 aliphatic heterocycles. The van der Waals surface area contributed by atoms with Crippen molar-refractivity contribution >= 4 is 21.8 Å². The van der Waals surface area contributed by atoms with E-state index in [0.717, 1.165) is 28.8 Å². The molecule has 0 aliphatic rings. The second kappa shape index (κ2) is 6.69. The first-order valence-electron chi connectivity index (χ1n) is 6.51. The first kappa shape index (κ1) is 14.8. The summed E-state index contributed by atoms with van der Waals surface area (Å²) in [4.78, 5) is 11.7. The van der Waals surface area contributed by atoms with Gasteiger partial charge in [-0.25, -0.2) is 0 Å². The molecule has 0 aliphatic carbocycles. The average Bonchev–Trinajstić information content (AvgIpc) is 2.92. The van der Waals surface area contributed by atoms with E-state index in [2.05, 4.69) is 31.4 Å². The zero-order chi connectivity index (χ0) is 14.5. The summed E-state index contributed by atoms with van der Waals surface area (Å²) in [7, 11) is 0. The Morgan fingerprint density at radius 3 is 2.75 bits per heavy atom. The second-order valence-electron chi connectivity index (χ2n) is 4.68. The van der Waals surface area contributed by atoms with Crippen molar-refractivity contribution in [3.05, 3.63) is 34.3 Å². The number of halogens is 1. The Morgan fingerprint density at radius 1 is 1.35 bits per heavy atom. The Bertz CT molecular complexity index is 570. The summed E-state index contributed by atoms with van der Waals surface area (Å²) in [6.07, 6.45) is 4.60. The molecule has 1 N–H and O–H groups in total. The molecule has 2 aromatic rings. The van der Waals surface area contributed by atoms with E-state index < -0.39 is 0 Å². The van der Waals surface area contributed by atoms with Crippen molar-refractivity contribution in [2.75, 3.05) is 6.54 Å². The maximum Gasteiger partial charge on any atom is 0.241 e. The number of carbonyl (C=O) groups is 1. The summed E-state index contributed by atoms with van der Waals surface area (Å²) >= 11 is 3.42. The number of amides is 1. The second-order valence-corrected chi connectivity index (χ2v) is 5.54. The van der Waals surface area contributed by atoms with Gasteiger partial charge in [0.05, 0.1) is 15.9 Å². The van der Waals surface area contributed by atoms with Crippen LogP contribution in [0.15, 0.2) is 22.9 Å². The molecule has 0 unspecified atom stereocenters. The van der Waals surface area contributed by atoms with E-state index in [0.29, 0.717) is 6.54 Å². The Kier molecular flexibility index (Phi) is 4.94. The average molecular weight is 340 g/mol. The lowest BCUT2D eigenvalue weighted by molar-refractivity contribution is -0.121. The highest BCUT2D eigenvalue weighted by Crippen LogP contribution is 2.13. The van der Waals surface area contributed by atoms with Gasteiger partial charge in [-0.3, -0.25) is 14.2 Å². The Labute approximate surface area is 126 Å². The van der Waals surface area contributed by atoms with Gasteiger partial charge in [-0.15, -0.1) is 0 Å². The third-order valence-electron chi connectivity index (χ3n) is 2.85. The predicted molar refractivity (Wildman–Crippen MR) is 79.3 cm³/mol. The van der Waals surface area contributed by atoms with E-state index in [-0.39, 0.29) is 12.5 Å². The van der Waals surface area contributed by atoms with Gasteiger partial charge in [-0.2, -0.15) is 10.2 Å². The van der Waals surface area contributed by atoms with E-state index in [4.69, 9.17) is 0 Å². The Hall–Kier alpha value is -1.63. The van der Waals surface area contributed by atoms with Crippen molar-refractivity contribution in [1.82, 2.24) is 24.9 Å². The molecule has 0 spiro atoms. The molecule has 0 radical (unpaired) electrons. The van der Waals surface area contributed by atoms with Crippen LogP contribution in [0.4, 0.5) is 0 Å². The van der Waals surface area contributed by atoms with Crippen LogP contribution in [-0.2, 0) is 17.9 Å². The van der Waals surface area contributed by atoms with Crippen molar-refractivity contribution < 1.29 is 4.79 Å². The summed E-state index contributed by atoms with van der Waals surface area (Å²) in [6, 6.07) is 1.88. The molecule has 0 bridgehead atoms. The zero-order valence-electron chi connectivity index (χ0n) is 11.6. The van der Waals surface area contributed by atoms with Gasteiger partial charge in [-0.05, 0) is 42.3 Å². The quantitative estimate of drug-likeness (QED) is 0.814. The van der Waals surface area contributed by atoms with Crippen LogP contribution in [0.5, 0.6) is 0 Å². The van der Waals surface area contributed by atoms with Crippen molar-refractivity contribution in [3.8, 4) is 0 Å². The maximum absolute atomic E-state index is 11.7. The van der Waals surface area contributed by atoms with Gasteiger partial charge in [0.1, 0.15) is 6.54 Å². The standard InChI is InChI=1S/C13H18BrN5O/c1-10-4-7-19(16-10)9-13(20)15-5-3-6-18-8-12(14)11(2)17-18/h4,7-8H,3,5-6,9H2,1-2H3,(H,15,20). The summed E-state index contributed by atoms with van der Waals surface area (Å²) in [6.45, 7) is 5.54. The highest BCUT2D eigenvalue weighted by molar-refractivity contribution is 9.10. The normalized spacial score (nSPS) is 10.8. The predicted octanol–water partition coefficient (Wildman–Crippen LogP) is 1.67. The molecule has 0 atom stereocenters. The first-order valence-corrected chi connectivity index (χ1v) is 7.30. The first-order chi connectivity index (χ1) is 9.54. The largest absolute Gasteiger partial charge is 0.354 e. The fourth-order valence-corrected chi connectivity index (χ4v) is 2.15. The number of nitrogens with one attached hydrogen (secondary N) is 1. The minimum atomic E-state index is -0.0223. The van der Waals surface area contributed by atoms with Crippen LogP contribution in [0, 0.1) is 13.8 Å². The highest BCUT2D eigenvalue weighted by atomic mass is 79.9. The fourth-order valence-electron chi connectivity index (χ4n) is 1.83. The van der Waals surface area contributed by atoms with Crippen molar-refractivity contribution in [2.24, 2.45) is 0 Å². The minimum Gasteiger partial charge on any atom is -0.354 e. The molecular weight excluding hydrogens is 322 g/mol. The van der Waals surface area contributed by atoms with Crippen molar-refractivity contribution in [2.45, 2.75) is 33.4 Å². The molecular formula is C13H18BrN5O. The van der Waals surface area contributed by atoms with Crippen molar-refractivity contribution in [1.29, 1.82) is 0 Å². The van der Waals surface area contributed by atoms with E-state index in [1.165, 1.54) is 0 Å². The number of aromatic nitrogens is 4. The number of hydrogen-bond acceptors (Lipinski definition) is 3. The van der Waals surface area contributed by atoms with Crippen LogP contribution in [0.25, 0.3) is 0 Å². The third kappa shape index (κ3) is 4.19. The maximum atomic E-state index is 11.7. The van der Waals surface area contributed by atoms with Gasteiger partial charge < -0.3 is 5.32 Å². The lowest BCUT2D eigenvalue weighted by Gasteiger charge is -2.05. The molecule has 0 saturated carbocycles. The fraction of sp³-hybridized carbons (Fsp3) is 0.462. The molecule has 7 heteroatoms. The molecule has 2 rings (SSSR count). The van der Waals surface area contributed by atoms with Crippen LogP contribution >= 0.6 is 15.9 Å². The topological polar surface area (TPSA) is 64.7 Å². The summed E-state index contributed by atoms with van der Waals surface area (Å²) in [5.41, 5.74) is 1.89. The van der Waals surface area contributed by atoms with Crippen LogP contribution in [0.3, 0.4) is 0 Å². The van der Waals surface area contributed by atoms with E-state index >= 15 is 0 Å². The van der Waals surface area contributed by atoms with E-state index in [1.807, 2.05) is 30.8 Å². The molecule has 2 heterocycles. The minimum absolute atomic E-state index is 0.0223. The molecule has 0 aromatic carbocycles. The van der Waals surface area contributed by atoms with Crippen LogP contribution in [0.2, 0.25) is 0 Å². The highest BCUT2D eigenvalue weighted by Gasteiger charge is 2.04. The Morgan fingerprint density at radius 2 is 2.15 bits per heavy atom. The lowest BCUT2D eigenvalue weighted by atomic mass is 10.4. The van der Waals surface area contributed by atoms with Crippen LogP contribution in [-0.4, -0.2) is 32.0 Å². The van der Waals surface area contributed by atoms with Gasteiger partial charge >= 0.3 is 0 Å². The monoisotopic (exact) mass is 339 g/mol. The van der Waals surface area contributed by atoms with Gasteiger partial charge in [0.2, 0.25) is 5.91 Å². The molecule has 0 saturated heterocycles. The number of aryl methyl sites for hydroxylation is 3. The number of hydrogen-bond donors (Lipinski definition) is 1. The molecule has 2 aromatic heterocycles. The van der Waals surface area contributed by atoms with Crippen LogP contribution < -0.4 is 5.32 Å². The number of carbonyl (C=O) groups excluding carboxylic acids is 1. The molecule has 0 fully saturated rings. The van der Waals surface area contributed by atoms with E-state index in [9.17, 15) is 4.79 Å².